The maximum atomic E-state index is 13.2. The molecule has 0 aliphatic carbocycles. The molecule has 20 heavy (non-hydrogen) atoms. The summed E-state index contributed by atoms with van der Waals surface area (Å²) in [6, 6.07) is 4.94. The van der Waals surface area contributed by atoms with E-state index in [9.17, 15) is 4.39 Å². The Labute approximate surface area is 126 Å². The molecular weight excluding hydrogens is 275 g/mol. The van der Waals surface area contributed by atoms with Crippen LogP contribution in [0, 0.1) is 11.7 Å². The quantitative estimate of drug-likeness (QED) is 0.888. The van der Waals surface area contributed by atoms with Crippen LogP contribution in [0.1, 0.15) is 38.3 Å². The van der Waals surface area contributed by atoms with Gasteiger partial charge in [0.25, 0.3) is 0 Å². The molecule has 0 saturated carbocycles. The topological polar surface area (TPSA) is 15.3 Å². The van der Waals surface area contributed by atoms with Crippen molar-refractivity contribution in [3.8, 4) is 0 Å². The second-order valence-electron chi connectivity index (χ2n) is 5.62. The van der Waals surface area contributed by atoms with Gasteiger partial charge in [-0.3, -0.25) is 4.90 Å². The fourth-order valence-electron chi connectivity index (χ4n) is 2.99. The average molecular weight is 299 g/mol. The van der Waals surface area contributed by atoms with Crippen molar-refractivity contribution in [2.75, 3.05) is 26.2 Å². The highest BCUT2D eigenvalue weighted by Crippen LogP contribution is 2.29. The maximum Gasteiger partial charge on any atom is 0.124 e. The van der Waals surface area contributed by atoms with Crippen molar-refractivity contribution in [3.63, 3.8) is 0 Å². The van der Waals surface area contributed by atoms with Gasteiger partial charge in [0.2, 0.25) is 0 Å². The normalized spacial score (nSPS) is 18.4. The fraction of sp³-hybridized carbons (Fsp3) is 0.625. The Morgan fingerprint density at radius 3 is 2.70 bits per heavy atom. The predicted octanol–water partition coefficient (Wildman–Crippen LogP) is 3.86. The first-order valence-electron chi connectivity index (χ1n) is 7.51. The Morgan fingerprint density at radius 1 is 1.40 bits per heavy atom. The Balaban J connectivity index is 2.05. The van der Waals surface area contributed by atoms with E-state index in [2.05, 4.69) is 24.1 Å². The summed E-state index contributed by atoms with van der Waals surface area (Å²) in [5, 5.41) is 3.93. The standard InChI is InChI=1S/C16H24ClFN2/c1-3-20(11-13-6-8-19-9-7-13)12(2)15-5-4-14(18)10-16(15)17/h4-5,10,12-13,19H,3,6-9,11H2,1-2H3. The molecule has 1 aliphatic heterocycles. The molecule has 0 bridgehead atoms. The van der Waals surface area contributed by atoms with Crippen LogP contribution in [0.4, 0.5) is 4.39 Å². The molecule has 1 heterocycles. The van der Waals surface area contributed by atoms with Gasteiger partial charge >= 0.3 is 0 Å². The summed E-state index contributed by atoms with van der Waals surface area (Å²) in [7, 11) is 0. The Kier molecular flexibility index (Phi) is 5.82. The maximum absolute atomic E-state index is 13.2. The highest BCUT2D eigenvalue weighted by molar-refractivity contribution is 6.31. The van der Waals surface area contributed by atoms with Crippen LogP contribution >= 0.6 is 11.6 Å². The van der Waals surface area contributed by atoms with E-state index in [4.69, 9.17) is 11.6 Å². The number of halogens is 2. The van der Waals surface area contributed by atoms with Crippen molar-refractivity contribution in [3.05, 3.63) is 34.6 Å². The number of nitrogens with one attached hydrogen (secondary N) is 1. The first-order chi connectivity index (χ1) is 9.61. The summed E-state index contributed by atoms with van der Waals surface area (Å²) >= 11 is 6.19. The lowest BCUT2D eigenvalue weighted by Crippen LogP contribution is -2.37. The van der Waals surface area contributed by atoms with Crippen LogP contribution in [0.15, 0.2) is 18.2 Å². The molecule has 1 fully saturated rings. The minimum absolute atomic E-state index is 0.225. The highest BCUT2D eigenvalue weighted by Gasteiger charge is 2.22. The van der Waals surface area contributed by atoms with Crippen molar-refractivity contribution >= 4 is 11.6 Å². The number of hydrogen-bond donors (Lipinski definition) is 1. The van der Waals surface area contributed by atoms with E-state index in [1.807, 2.05) is 6.07 Å². The molecule has 0 spiro atoms. The van der Waals surface area contributed by atoms with Crippen LogP contribution in [0.5, 0.6) is 0 Å². The zero-order valence-corrected chi connectivity index (χ0v) is 13.1. The van der Waals surface area contributed by atoms with Crippen LogP contribution in [0.2, 0.25) is 5.02 Å². The number of hydrogen-bond acceptors (Lipinski definition) is 2. The lowest BCUT2D eigenvalue weighted by atomic mass is 9.96. The summed E-state index contributed by atoms with van der Waals surface area (Å²) in [5.41, 5.74) is 1.02. The van der Waals surface area contributed by atoms with Crippen LogP contribution in [0.25, 0.3) is 0 Å². The zero-order chi connectivity index (χ0) is 14.5. The van der Waals surface area contributed by atoms with Gasteiger partial charge in [-0.1, -0.05) is 24.6 Å². The van der Waals surface area contributed by atoms with E-state index in [-0.39, 0.29) is 11.9 Å². The Hall–Kier alpha value is -0.640. The minimum atomic E-state index is -0.271. The lowest BCUT2D eigenvalue weighted by Gasteiger charge is -2.34. The van der Waals surface area contributed by atoms with Crippen molar-refractivity contribution in [2.45, 2.75) is 32.7 Å². The highest BCUT2D eigenvalue weighted by atomic mass is 35.5. The van der Waals surface area contributed by atoms with Gasteiger partial charge < -0.3 is 5.32 Å². The lowest BCUT2D eigenvalue weighted by molar-refractivity contribution is 0.169. The molecule has 1 aliphatic rings. The molecule has 1 aromatic rings. The second-order valence-corrected chi connectivity index (χ2v) is 6.03. The molecular formula is C16H24ClFN2. The first kappa shape index (κ1) is 15.7. The van der Waals surface area contributed by atoms with E-state index in [0.29, 0.717) is 5.02 Å². The van der Waals surface area contributed by atoms with Gasteiger partial charge in [0.1, 0.15) is 5.82 Å². The molecule has 112 valence electrons. The van der Waals surface area contributed by atoms with Crippen LogP contribution in [-0.2, 0) is 0 Å². The molecule has 0 amide bonds. The summed E-state index contributed by atoms with van der Waals surface area (Å²) in [4.78, 5) is 2.44. The summed E-state index contributed by atoms with van der Waals surface area (Å²) in [6.45, 7) is 8.65. The van der Waals surface area contributed by atoms with Gasteiger partial charge in [0, 0.05) is 17.6 Å². The molecule has 1 N–H and O–H groups in total. The van der Waals surface area contributed by atoms with Crippen molar-refractivity contribution in [1.29, 1.82) is 0 Å². The third-order valence-corrected chi connectivity index (χ3v) is 4.65. The monoisotopic (exact) mass is 298 g/mol. The molecule has 1 unspecified atom stereocenters. The van der Waals surface area contributed by atoms with E-state index >= 15 is 0 Å². The molecule has 2 rings (SSSR count). The van der Waals surface area contributed by atoms with E-state index in [1.54, 1.807) is 0 Å². The van der Waals surface area contributed by atoms with Crippen LogP contribution in [-0.4, -0.2) is 31.1 Å². The van der Waals surface area contributed by atoms with Gasteiger partial charge in [-0.15, -0.1) is 0 Å². The number of piperidine rings is 1. The first-order valence-corrected chi connectivity index (χ1v) is 7.89. The SMILES string of the molecule is CCN(CC1CCNCC1)C(C)c1ccc(F)cc1Cl. The third kappa shape index (κ3) is 3.94. The van der Waals surface area contributed by atoms with Gasteiger partial charge in [0.05, 0.1) is 0 Å². The smallest absolute Gasteiger partial charge is 0.124 e. The molecule has 2 nitrogen and oxygen atoms in total. The fourth-order valence-corrected chi connectivity index (χ4v) is 3.32. The zero-order valence-electron chi connectivity index (χ0n) is 12.3. The van der Waals surface area contributed by atoms with E-state index in [0.717, 1.165) is 37.7 Å². The Bertz CT molecular complexity index is 432. The number of nitrogens with zero attached hydrogens (tertiary/aromatic N) is 1. The van der Waals surface area contributed by atoms with Crippen molar-refractivity contribution in [1.82, 2.24) is 10.2 Å². The molecule has 0 radical (unpaired) electrons. The molecule has 1 aromatic carbocycles. The summed E-state index contributed by atoms with van der Waals surface area (Å²) < 4.78 is 13.2. The van der Waals surface area contributed by atoms with Gasteiger partial charge in [-0.25, -0.2) is 4.39 Å². The minimum Gasteiger partial charge on any atom is -0.317 e. The van der Waals surface area contributed by atoms with Gasteiger partial charge in [-0.05, 0) is 63.0 Å². The van der Waals surface area contributed by atoms with E-state index in [1.165, 1.54) is 25.0 Å². The third-order valence-electron chi connectivity index (χ3n) is 4.32. The largest absolute Gasteiger partial charge is 0.317 e. The number of rotatable bonds is 5. The second kappa shape index (κ2) is 7.39. The summed E-state index contributed by atoms with van der Waals surface area (Å²) in [5.74, 6) is 0.477. The molecule has 1 atom stereocenters. The van der Waals surface area contributed by atoms with Gasteiger partial charge in [-0.2, -0.15) is 0 Å². The molecule has 0 aromatic heterocycles. The van der Waals surface area contributed by atoms with Gasteiger partial charge in [0.15, 0.2) is 0 Å². The van der Waals surface area contributed by atoms with Crippen molar-refractivity contribution < 1.29 is 4.39 Å². The predicted molar refractivity (Wildman–Crippen MR) is 82.7 cm³/mol. The van der Waals surface area contributed by atoms with Crippen LogP contribution < -0.4 is 5.32 Å². The van der Waals surface area contributed by atoms with E-state index < -0.39 is 0 Å². The average Bonchev–Trinajstić information content (AvgIpc) is 2.45. The van der Waals surface area contributed by atoms with Crippen LogP contribution in [0.3, 0.4) is 0 Å². The number of benzene rings is 1. The summed E-state index contributed by atoms with van der Waals surface area (Å²) in [6.07, 6.45) is 2.47. The molecule has 4 heteroatoms. The van der Waals surface area contributed by atoms with Crippen molar-refractivity contribution in [2.24, 2.45) is 5.92 Å². The molecule has 1 saturated heterocycles. The Morgan fingerprint density at radius 2 is 2.10 bits per heavy atom.